The van der Waals surface area contributed by atoms with Crippen LogP contribution < -0.4 is 11.1 Å². The van der Waals surface area contributed by atoms with Crippen LogP contribution in [0.25, 0.3) is 11.3 Å². The number of benzene rings is 2. The number of halogens is 3. The number of H-pyrrole nitrogens is 1. The molecule has 0 aliphatic rings. The van der Waals surface area contributed by atoms with Gasteiger partial charge in [-0.25, -0.2) is 8.78 Å². The van der Waals surface area contributed by atoms with Gasteiger partial charge in [0.2, 0.25) is 5.91 Å². The number of carbonyl (C=O) groups is 2. The van der Waals surface area contributed by atoms with Crippen LogP contribution in [0.4, 0.5) is 8.78 Å². The molecule has 0 radical (unpaired) electrons. The Labute approximate surface area is 164 Å². The molecule has 0 aliphatic heterocycles. The van der Waals surface area contributed by atoms with E-state index in [0.29, 0.717) is 0 Å². The first-order valence-electron chi connectivity index (χ1n) is 8.15. The van der Waals surface area contributed by atoms with Crippen LogP contribution in [0.15, 0.2) is 54.7 Å². The number of hydrogen-bond acceptors (Lipinski definition) is 3. The van der Waals surface area contributed by atoms with Gasteiger partial charge in [-0.15, -0.1) is 0 Å². The minimum Gasteiger partial charge on any atom is -0.370 e. The summed E-state index contributed by atoms with van der Waals surface area (Å²) < 4.78 is 27.5. The fourth-order valence-electron chi connectivity index (χ4n) is 2.19. The van der Waals surface area contributed by atoms with Crippen LogP contribution in [0.1, 0.15) is 16.8 Å². The van der Waals surface area contributed by atoms with Crippen LogP contribution in [0.2, 0.25) is 5.02 Å². The van der Waals surface area contributed by atoms with Gasteiger partial charge >= 0.3 is 0 Å². The zero-order valence-corrected chi connectivity index (χ0v) is 15.3. The Morgan fingerprint density at radius 3 is 2.25 bits per heavy atom. The molecule has 0 aliphatic carbocycles. The Bertz CT molecular complexity index is 928. The van der Waals surface area contributed by atoms with Crippen molar-refractivity contribution in [2.75, 3.05) is 6.54 Å². The molecule has 4 N–H and O–H groups in total. The molecule has 28 heavy (non-hydrogen) atoms. The highest BCUT2D eigenvalue weighted by atomic mass is 35.5. The predicted molar refractivity (Wildman–Crippen MR) is 102 cm³/mol. The van der Waals surface area contributed by atoms with Crippen molar-refractivity contribution in [2.24, 2.45) is 5.73 Å². The summed E-state index contributed by atoms with van der Waals surface area (Å²) in [6.45, 7) is 0.0263. The molecule has 2 amide bonds. The molecule has 1 heterocycles. The molecule has 0 unspecified atom stereocenters. The summed E-state index contributed by atoms with van der Waals surface area (Å²) in [4.78, 5) is 22.5. The molecule has 0 saturated heterocycles. The molecule has 0 bridgehead atoms. The van der Waals surface area contributed by atoms with Crippen LogP contribution in [0.5, 0.6) is 0 Å². The summed E-state index contributed by atoms with van der Waals surface area (Å²) in [5.74, 6) is -2.80. The van der Waals surface area contributed by atoms with Crippen molar-refractivity contribution in [1.82, 2.24) is 15.5 Å². The van der Waals surface area contributed by atoms with E-state index in [1.54, 1.807) is 0 Å². The van der Waals surface area contributed by atoms with Gasteiger partial charge in [0.15, 0.2) is 0 Å². The zero-order valence-electron chi connectivity index (χ0n) is 14.6. The lowest BCUT2D eigenvalue weighted by Gasteiger charge is -2.06. The zero-order chi connectivity index (χ0) is 20.5. The van der Waals surface area contributed by atoms with Crippen molar-refractivity contribution in [3.63, 3.8) is 0 Å². The molecule has 9 heteroatoms. The lowest BCUT2D eigenvalue weighted by Crippen LogP contribution is -2.28. The Morgan fingerprint density at radius 1 is 1.07 bits per heavy atom. The topological polar surface area (TPSA) is 101 Å². The van der Waals surface area contributed by atoms with E-state index in [1.165, 1.54) is 6.07 Å². The number of rotatable bonds is 5. The summed E-state index contributed by atoms with van der Waals surface area (Å²) in [6.07, 6.45) is 1.12. The second kappa shape index (κ2) is 10.2. The van der Waals surface area contributed by atoms with Crippen molar-refractivity contribution < 1.29 is 18.4 Å². The Morgan fingerprint density at radius 2 is 1.71 bits per heavy atom. The quantitative estimate of drug-likeness (QED) is 0.606. The molecule has 2 aromatic carbocycles. The average molecular weight is 407 g/mol. The number of carbonyl (C=O) groups excluding carboxylic acids is 2. The maximum Gasteiger partial charge on any atom is 0.255 e. The number of aromatic amines is 1. The molecular weight excluding hydrogens is 390 g/mol. The Balaban J connectivity index is 0.000000336. The summed E-state index contributed by atoms with van der Waals surface area (Å²) in [6, 6.07) is 12.8. The number of aromatic nitrogens is 2. The SMILES string of the molecule is Clc1ccccc1.NC(=O)CCNC(=O)c1cn[nH]c1-c1c(F)cccc1F. The predicted octanol–water partition coefficient (Wildman–Crippen LogP) is 3.30. The van der Waals surface area contributed by atoms with E-state index >= 15 is 0 Å². The van der Waals surface area contributed by atoms with Gasteiger partial charge in [-0.1, -0.05) is 35.9 Å². The fourth-order valence-corrected chi connectivity index (χ4v) is 2.34. The highest BCUT2D eigenvalue weighted by molar-refractivity contribution is 6.30. The number of nitrogens with zero attached hydrogens (tertiary/aromatic N) is 1. The molecule has 0 fully saturated rings. The van der Waals surface area contributed by atoms with Crippen LogP contribution in [-0.2, 0) is 4.79 Å². The van der Waals surface area contributed by atoms with Gasteiger partial charge in [0.05, 0.1) is 23.0 Å². The third-order valence-corrected chi connectivity index (χ3v) is 3.74. The number of amides is 2. The molecule has 3 aromatic rings. The first-order chi connectivity index (χ1) is 13.4. The summed E-state index contributed by atoms with van der Waals surface area (Å²) in [7, 11) is 0. The first-order valence-corrected chi connectivity index (χ1v) is 8.52. The van der Waals surface area contributed by atoms with Crippen molar-refractivity contribution in [3.05, 3.63) is 76.9 Å². The summed E-state index contributed by atoms with van der Waals surface area (Å²) in [5, 5.41) is 9.25. The number of hydrogen-bond donors (Lipinski definition) is 3. The maximum atomic E-state index is 13.7. The van der Waals surface area contributed by atoms with E-state index in [-0.39, 0.29) is 29.8 Å². The summed E-state index contributed by atoms with van der Waals surface area (Å²) >= 11 is 5.54. The monoisotopic (exact) mass is 406 g/mol. The van der Waals surface area contributed by atoms with Gasteiger partial charge in [-0.05, 0) is 24.3 Å². The van der Waals surface area contributed by atoms with Crippen molar-refractivity contribution in [3.8, 4) is 11.3 Å². The molecule has 0 atom stereocenters. The molecule has 1 aromatic heterocycles. The molecule has 0 saturated carbocycles. The normalized spacial score (nSPS) is 9.96. The highest BCUT2D eigenvalue weighted by Gasteiger charge is 2.20. The van der Waals surface area contributed by atoms with Crippen LogP contribution in [0.3, 0.4) is 0 Å². The van der Waals surface area contributed by atoms with Gasteiger partial charge in [-0.2, -0.15) is 5.10 Å². The van der Waals surface area contributed by atoms with Gasteiger partial charge in [0, 0.05) is 18.0 Å². The first kappa shape index (κ1) is 21.0. The Kier molecular flexibility index (Phi) is 7.65. The van der Waals surface area contributed by atoms with Gasteiger partial charge in [-0.3, -0.25) is 14.7 Å². The average Bonchev–Trinajstić information content (AvgIpc) is 3.12. The molecular formula is C19H17ClF2N4O2. The van der Waals surface area contributed by atoms with E-state index in [4.69, 9.17) is 17.3 Å². The van der Waals surface area contributed by atoms with Crippen molar-refractivity contribution >= 4 is 23.4 Å². The lowest BCUT2D eigenvalue weighted by atomic mass is 10.1. The fraction of sp³-hybridized carbons (Fsp3) is 0.105. The van der Waals surface area contributed by atoms with Crippen LogP contribution in [0, 0.1) is 11.6 Å². The third-order valence-electron chi connectivity index (χ3n) is 3.49. The van der Waals surface area contributed by atoms with Crippen molar-refractivity contribution in [1.29, 1.82) is 0 Å². The number of nitrogens with one attached hydrogen (secondary N) is 2. The summed E-state index contributed by atoms with van der Waals surface area (Å²) in [5.41, 5.74) is 4.49. The van der Waals surface area contributed by atoms with Gasteiger partial charge in [0.25, 0.3) is 5.91 Å². The van der Waals surface area contributed by atoms with Gasteiger partial charge < -0.3 is 11.1 Å². The maximum absolute atomic E-state index is 13.7. The van der Waals surface area contributed by atoms with E-state index in [2.05, 4.69) is 15.5 Å². The van der Waals surface area contributed by atoms with E-state index in [9.17, 15) is 18.4 Å². The van der Waals surface area contributed by atoms with E-state index in [0.717, 1.165) is 23.4 Å². The number of nitrogens with two attached hydrogens (primary N) is 1. The number of primary amides is 1. The second-order valence-corrected chi connectivity index (χ2v) is 5.96. The standard InChI is InChI=1S/C13H12F2N4O2.C6H5Cl/c14-8-2-1-3-9(15)11(8)12-7(6-18-19-12)13(21)17-5-4-10(16)20;7-6-4-2-1-3-5-6/h1-3,6H,4-5H2,(H2,16,20)(H,17,21)(H,18,19);1-5H. The highest BCUT2D eigenvalue weighted by Crippen LogP contribution is 2.26. The molecule has 146 valence electrons. The smallest absolute Gasteiger partial charge is 0.255 e. The van der Waals surface area contributed by atoms with Gasteiger partial charge in [0.1, 0.15) is 11.6 Å². The van der Waals surface area contributed by atoms with E-state index in [1.807, 2.05) is 30.3 Å². The largest absolute Gasteiger partial charge is 0.370 e. The van der Waals surface area contributed by atoms with Crippen LogP contribution >= 0.6 is 11.6 Å². The minimum absolute atomic E-state index is 0.0246. The second-order valence-electron chi connectivity index (χ2n) is 5.52. The Hall–Kier alpha value is -3.26. The minimum atomic E-state index is -0.814. The van der Waals surface area contributed by atoms with Crippen LogP contribution in [-0.4, -0.2) is 28.6 Å². The third kappa shape index (κ3) is 5.88. The lowest BCUT2D eigenvalue weighted by molar-refractivity contribution is -0.117. The van der Waals surface area contributed by atoms with E-state index < -0.39 is 23.4 Å². The van der Waals surface area contributed by atoms with Crippen molar-refractivity contribution in [2.45, 2.75) is 6.42 Å². The molecule has 0 spiro atoms. The molecule has 6 nitrogen and oxygen atoms in total. The molecule has 3 rings (SSSR count).